The Kier molecular flexibility index (Phi) is 4.83. The highest BCUT2D eigenvalue weighted by Gasteiger charge is 2.26. The van der Waals surface area contributed by atoms with Crippen LogP contribution in [0.25, 0.3) is 0 Å². The molecule has 0 aromatic carbocycles. The Hall–Kier alpha value is -1.04. The van der Waals surface area contributed by atoms with Crippen LogP contribution in [-0.2, 0) is 9.47 Å². The molecule has 5 heteroatoms. The molecule has 0 spiro atoms. The van der Waals surface area contributed by atoms with Crippen molar-refractivity contribution in [2.24, 2.45) is 5.92 Å². The summed E-state index contributed by atoms with van der Waals surface area (Å²) < 4.78 is 11.3. The van der Waals surface area contributed by atoms with E-state index in [1.54, 1.807) is 0 Å². The molecular formula is C16H25N3O2. The summed E-state index contributed by atoms with van der Waals surface area (Å²) in [6.45, 7) is 9.69. The molecule has 0 amide bonds. The van der Waals surface area contributed by atoms with Crippen LogP contribution in [0.15, 0.2) is 6.07 Å². The molecule has 5 nitrogen and oxygen atoms in total. The Morgan fingerprint density at radius 3 is 2.57 bits per heavy atom. The molecule has 0 N–H and O–H groups in total. The Bertz CT molecular complexity index is 454. The molecule has 21 heavy (non-hydrogen) atoms. The molecule has 0 aliphatic carbocycles. The summed E-state index contributed by atoms with van der Waals surface area (Å²) in [7, 11) is 0. The molecule has 2 aliphatic heterocycles. The average molecular weight is 291 g/mol. The maximum absolute atomic E-state index is 5.90. The lowest BCUT2D eigenvalue weighted by Gasteiger charge is -2.35. The molecule has 0 unspecified atom stereocenters. The van der Waals surface area contributed by atoms with Gasteiger partial charge in [0.25, 0.3) is 0 Å². The van der Waals surface area contributed by atoms with E-state index in [1.807, 2.05) is 19.9 Å². The summed E-state index contributed by atoms with van der Waals surface area (Å²) in [4.78, 5) is 11.6. The highest BCUT2D eigenvalue weighted by Crippen LogP contribution is 2.23. The summed E-state index contributed by atoms with van der Waals surface area (Å²) in [5.41, 5.74) is 2.03. The van der Waals surface area contributed by atoms with Crippen LogP contribution in [0.5, 0.6) is 0 Å². The second-order valence-electron chi connectivity index (χ2n) is 6.18. The quantitative estimate of drug-likeness (QED) is 0.851. The van der Waals surface area contributed by atoms with Crippen LogP contribution in [0.2, 0.25) is 0 Å². The van der Waals surface area contributed by atoms with Crippen LogP contribution in [0, 0.1) is 19.8 Å². The van der Waals surface area contributed by atoms with Gasteiger partial charge in [-0.2, -0.15) is 0 Å². The Morgan fingerprint density at radius 1 is 1.14 bits per heavy atom. The van der Waals surface area contributed by atoms with Crippen LogP contribution >= 0.6 is 0 Å². The summed E-state index contributed by atoms with van der Waals surface area (Å²) in [5.74, 6) is 1.60. The lowest BCUT2D eigenvalue weighted by atomic mass is 9.99. The molecule has 3 rings (SSSR count). The molecule has 0 saturated carbocycles. The van der Waals surface area contributed by atoms with E-state index in [-0.39, 0.29) is 6.10 Å². The van der Waals surface area contributed by atoms with E-state index >= 15 is 0 Å². The highest BCUT2D eigenvalue weighted by molar-refractivity contribution is 5.10. The molecule has 1 aromatic heterocycles. The van der Waals surface area contributed by atoms with Gasteiger partial charge < -0.3 is 9.47 Å². The minimum absolute atomic E-state index is 0.0113. The fourth-order valence-corrected chi connectivity index (χ4v) is 3.22. The number of rotatable bonds is 3. The van der Waals surface area contributed by atoms with Gasteiger partial charge in [0.2, 0.25) is 0 Å². The first-order chi connectivity index (χ1) is 10.2. The first-order valence-corrected chi connectivity index (χ1v) is 7.94. The van der Waals surface area contributed by atoms with Crippen molar-refractivity contribution in [3.63, 3.8) is 0 Å². The summed E-state index contributed by atoms with van der Waals surface area (Å²) in [5, 5.41) is 0. The van der Waals surface area contributed by atoms with Crippen molar-refractivity contribution in [2.75, 3.05) is 39.5 Å². The molecule has 2 saturated heterocycles. The smallest absolute Gasteiger partial charge is 0.158 e. The standard InChI is InChI=1S/C16H25N3O2/c1-12-9-13(2)18-16(17-12)15-11-19(5-8-21-15)10-14-3-6-20-7-4-14/h9,14-15H,3-8,10-11H2,1-2H3/t15-/m1/s1. The topological polar surface area (TPSA) is 47.5 Å². The molecule has 2 aliphatic rings. The van der Waals surface area contributed by atoms with Gasteiger partial charge in [0, 0.05) is 44.2 Å². The van der Waals surface area contributed by atoms with Gasteiger partial charge in [-0.1, -0.05) is 0 Å². The maximum Gasteiger partial charge on any atom is 0.158 e. The van der Waals surface area contributed by atoms with Crippen molar-refractivity contribution in [3.8, 4) is 0 Å². The van der Waals surface area contributed by atoms with Crippen LogP contribution in [-0.4, -0.2) is 54.3 Å². The molecule has 2 fully saturated rings. The van der Waals surface area contributed by atoms with E-state index in [0.29, 0.717) is 0 Å². The number of hydrogen-bond donors (Lipinski definition) is 0. The lowest BCUT2D eigenvalue weighted by Crippen LogP contribution is -2.42. The number of aryl methyl sites for hydroxylation is 2. The monoisotopic (exact) mass is 291 g/mol. The maximum atomic E-state index is 5.90. The van der Waals surface area contributed by atoms with Crippen molar-refractivity contribution in [1.82, 2.24) is 14.9 Å². The van der Waals surface area contributed by atoms with Crippen molar-refractivity contribution in [3.05, 3.63) is 23.3 Å². The molecule has 3 heterocycles. The first kappa shape index (κ1) is 14.9. The second-order valence-corrected chi connectivity index (χ2v) is 6.18. The molecule has 0 radical (unpaired) electrons. The largest absolute Gasteiger partial charge is 0.381 e. The number of morpholine rings is 1. The minimum atomic E-state index is 0.0113. The van der Waals surface area contributed by atoms with Gasteiger partial charge in [0.05, 0.1) is 6.61 Å². The SMILES string of the molecule is Cc1cc(C)nc([C@H]2CN(CC3CCOCC3)CCO2)n1. The number of ether oxygens (including phenoxy) is 2. The van der Waals surface area contributed by atoms with E-state index in [0.717, 1.165) is 62.6 Å². The predicted molar refractivity (Wildman–Crippen MR) is 80.2 cm³/mol. The zero-order valence-corrected chi connectivity index (χ0v) is 13.0. The summed E-state index contributed by atoms with van der Waals surface area (Å²) in [6.07, 6.45) is 2.38. The van der Waals surface area contributed by atoms with E-state index in [4.69, 9.17) is 9.47 Å². The lowest BCUT2D eigenvalue weighted by molar-refractivity contribution is -0.0450. The Morgan fingerprint density at radius 2 is 1.86 bits per heavy atom. The molecular weight excluding hydrogens is 266 g/mol. The van der Waals surface area contributed by atoms with Gasteiger partial charge in [-0.3, -0.25) is 4.90 Å². The van der Waals surface area contributed by atoms with Crippen molar-refractivity contribution >= 4 is 0 Å². The third-order valence-electron chi connectivity index (χ3n) is 4.30. The van der Waals surface area contributed by atoms with Gasteiger partial charge in [0.15, 0.2) is 5.82 Å². The normalized spacial score (nSPS) is 25.1. The summed E-state index contributed by atoms with van der Waals surface area (Å²) >= 11 is 0. The summed E-state index contributed by atoms with van der Waals surface area (Å²) in [6, 6.07) is 2.01. The van der Waals surface area contributed by atoms with Crippen molar-refractivity contribution in [2.45, 2.75) is 32.8 Å². The number of nitrogens with zero attached hydrogens (tertiary/aromatic N) is 3. The van der Waals surface area contributed by atoms with Crippen molar-refractivity contribution < 1.29 is 9.47 Å². The minimum Gasteiger partial charge on any atom is -0.381 e. The molecule has 1 atom stereocenters. The van der Waals surface area contributed by atoms with Crippen LogP contribution < -0.4 is 0 Å². The van der Waals surface area contributed by atoms with Gasteiger partial charge in [-0.15, -0.1) is 0 Å². The Balaban J connectivity index is 1.62. The third kappa shape index (κ3) is 3.99. The molecule has 1 aromatic rings. The van der Waals surface area contributed by atoms with E-state index in [1.165, 1.54) is 12.8 Å². The fourth-order valence-electron chi connectivity index (χ4n) is 3.22. The van der Waals surface area contributed by atoms with Gasteiger partial charge in [0.1, 0.15) is 6.10 Å². The van der Waals surface area contributed by atoms with Gasteiger partial charge in [-0.05, 0) is 38.7 Å². The molecule has 0 bridgehead atoms. The van der Waals surface area contributed by atoms with Crippen LogP contribution in [0.3, 0.4) is 0 Å². The van der Waals surface area contributed by atoms with Gasteiger partial charge >= 0.3 is 0 Å². The van der Waals surface area contributed by atoms with Crippen molar-refractivity contribution in [1.29, 1.82) is 0 Å². The van der Waals surface area contributed by atoms with Crippen LogP contribution in [0.1, 0.15) is 36.2 Å². The molecule has 116 valence electrons. The van der Waals surface area contributed by atoms with Crippen LogP contribution in [0.4, 0.5) is 0 Å². The van der Waals surface area contributed by atoms with Gasteiger partial charge in [-0.25, -0.2) is 9.97 Å². The predicted octanol–water partition coefficient (Wildman–Crippen LogP) is 1.89. The third-order valence-corrected chi connectivity index (χ3v) is 4.30. The first-order valence-electron chi connectivity index (χ1n) is 7.94. The van der Waals surface area contributed by atoms with E-state index in [2.05, 4.69) is 14.9 Å². The Labute approximate surface area is 126 Å². The zero-order chi connectivity index (χ0) is 14.7. The number of aromatic nitrogens is 2. The highest BCUT2D eigenvalue weighted by atomic mass is 16.5. The second kappa shape index (κ2) is 6.81. The fraction of sp³-hybridized carbons (Fsp3) is 0.750. The van der Waals surface area contributed by atoms with E-state index < -0.39 is 0 Å². The van der Waals surface area contributed by atoms with E-state index in [9.17, 15) is 0 Å². The average Bonchev–Trinajstić information content (AvgIpc) is 2.47. The number of hydrogen-bond acceptors (Lipinski definition) is 5. The zero-order valence-electron chi connectivity index (χ0n) is 13.0.